The number of halogens is 2. The molecule has 1 aliphatic carbocycles. The van der Waals surface area contributed by atoms with E-state index in [4.69, 9.17) is 0 Å². The van der Waals surface area contributed by atoms with Crippen molar-refractivity contribution < 1.29 is 23.5 Å². The molecular weight excluding hydrogens is 290 g/mol. The van der Waals surface area contributed by atoms with Gasteiger partial charge in [0.25, 0.3) is 0 Å². The van der Waals surface area contributed by atoms with E-state index in [2.05, 4.69) is 0 Å². The van der Waals surface area contributed by atoms with Gasteiger partial charge in [0, 0.05) is 11.8 Å². The summed E-state index contributed by atoms with van der Waals surface area (Å²) >= 11 is 0. The van der Waals surface area contributed by atoms with Crippen LogP contribution in [0.15, 0.2) is 18.2 Å². The summed E-state index contributed by atoms with van der Waals surface area (Å²) in [5.41, 5.74) is -2.32. The highest BCUT2D eigenvalue weighted by Gasteiger charge is 2.61. The number of carbonyl (C=O) groups excluding carboxylic acids is 1. The minimum Gasteiger partial charge on any atom is -0.480 e. The van der Waals surface area contributed by atoms with Gasteiger partial charge in [0.1, 0.15) is 5.41 Å². The maximum Gasteiger partial charge on any atom is 0.318 e. The molecule has 0 aromatic heterocycles. The van der Waals surface area contributed by atoms with E-state index in [1.807, 2.05) is 6.92 Å². The monoisotopic (exact) mass is 310 g/mol. The number of hydrogen-bond acceptors (Lipinski definition) is 2. The average molecular weight is 310 g/mol. The van der Waals surface area contributed by atoms with E-state index in [9.17, 15) is 23.5 Å². The minimum atomic E-state index is -1.61. The highest BCUT2D eigenvalue weighted by Crippen LogP contribution is 2.54. The lowest BCUT2D eigenvalue weighted by Gasteiger charge is -2.49. The summed E-state index contributed by atoms with van der Waals surface area (Å²) in [7, 11) is 0. The Morgan fingerprint density at radius 2 is 2.00 bits per heavy atom. The summed E-state index contributed by atoms with van der Waals surface area (Å²) in [6, 6.07) is 3.40. The second-order valence-corrected chi connectivity index (χ2v) is 6.46. The van der Waals surface area contributed by atoms with E-state index in [0.29, 0.717) is 12.0 Å². The molecule has 22 heavy (non-hydrogen) atoms. The molecule has 3 unspecified atom stereocenters. The Hall–Kier alpha value is -1.78. The number of carboxylic acids is 1. The van der Waals surface area contributed by atoms with Crippen molar-refractivity contribution in [2.45, 2.75) is 45.4 Å². The van der Waals surface area contributed by atoms with Crippen LogP contribution in [0.2, 0.25) is 0 Å². The van der Waals surface area contributed by atoms with Gasteiger partial charge in [0.15, 0.2) is 17.4 Å². The van der Waals surface area contributed by atoms with Crippen molar-refractivity contribution in [1.82, 2.24) is 0 Å². The third kappa shape index (κ3) is 2.14. The first-order valence-electron chi connectivity index (χ1n) is 7.41. The summed E-state index contributed by atoms with van der Waals surface area (Å²) in [5.74, 6) is -3.56. The fraction of sp³-hybridized carbons (Fsp3) is 0.529. The molecule has 1 aliphatic rings. The van der Waals surface area contributed by atoms with Crippen molar-refractivity contribution in [2.24, 2.45) is 11.3 Å². The standard InChI is InChI=1S/C17H20F2O3/c1-4-17(15(21)22)14(20)7-10(2)9-16(17,3)11-5-6-12(18)13(19)8-11/h5-6,8,10H,4,7,9H2,1-3H3,(H,21,22). The quantitative estimate of drug-likeness (QED) is 0.866. The van der Waals surface area contributed by atoms with Crippen LogP contribution in [0.3, 0.4) is 0 Å². The van der Waals surface area contributed by atoms with Gasteiger partial charge in [-0.05, 0) is 36.5 Å². The minimum absolute atomic E-state index is 0.00959. The van der Waals surface area contributed by atoms with Crippen LogP contribution in [0.1, 0.15) is 45.6 Å². The van der Waals surface area contributed by atoms with Crippen LogP contribution in [-0.2, 0) is 15.0 Å². The molecule has 120 valence electrons. The highest BCUT2D eigenvalue weighted by atomic mass is 19.2. The van der Waals surface area contributed by atoms with Crippen LogP contribution in [-0.4, -0.2) is 16.9 Å². The van der Waals surface area contributed by atoms with Crippen LogP contribution in [0.4, 0.5) is 8.78 Å². The van der Waals surface area contributed by atoms with Crippen LogP contribution >= 0.6 is 0 Å². The second-order valence-electron chi connectivity index (χ2n) is 6.46. The van der Waals surface area contributed by atoms with Gasteiger partial charge in [0.2, 0.25) is 0 Å². The van der Waals surface area contributed by atoms with Gasteiger partial charge in [-0.25, -0.2) is 8.78 Å². The fourth-order valence-corrected chi connectivity index (χ4v) is 4.04. The van der Waals surface area contributed by atoms with E-state index in [0.717, 1.165) is 12.1 Å². The Morgan fingerprint density at radius 3 is 2.50 bits per heavy atom. The predicted molar refractivity (Wildman–Crippen MR) is 77.5 cm³/mol. The first-order valence-corrected chi connectivity index (χ1v) is 7.41. The lowest BCUT2D eigenvalue weighted by atomic mass is 9.50. The maximum absolute atomic E-state index is 13.6. The molecule has 2 rings (SSSR count). The zero-order chi connectivity index (χ0) is 16.7. The lowest BCUT2D eigenvalue weighted by molar-refractivity contribution is -0.164. The normalized spacial score (nSPS) is 32.0. The summed E-state index contributed by atoms with van der Waals surface area (Å²) in [4.78, 5) is 24.6. The molecule has 1 saturated carbocycles. The number of Topliss-reactive ketones (excluding diaryl/α,β-unsaturated/α-hetero) is 1. The number of carboxylic acid groups (broad SMARTS) is 1. The zero-order valence-corrected chi connectivity index (χ0v) is 13.0. The van der Waals surface area contributed by atoms with Crippen molar-refractivity contribution in [2.75, 3.05) is 0 Å². The molecule has 0 radical (unpaired) electrons. The Kier molecular flexibility index (Phi) is 4.11. The van der Waals surface area contributed by atoms with E-state index in [-0.39, 0.29) is 24.5 Å². The molecule has 0 amide bonds. The average Bonchev–Trinajstić information content (AvgIpc) is 2.41. The Labute approximate surface area is 128 Å². The predicted octanol–water partition coefficient (Wildman–Crippen LogP) is 3.70. The molecule has 1 N–H and O–H groups in total. The molecular formula is C17H20F2O3. The summed E-state index contributed by atoms with van der Waals surface area (Å²) in [5, 5.41) is 9.78. The van der Waals surface area contributed by atoms with Crippen LogP contribution in [0, 0.1) is 23.0 Å². The molecule has 0 saturated heterocycles. The SMILES string of the molecule is CCC1(C(=O)O)C(=O)CC(C)CC1(C)c1ccc(F)c(F)c1. The number of hydrogen-bond donors (Lipinski definition) is 1. The van der Waals surface area contributed by atoms with Gasteiger partial charge in [-0.1, -0.05) is 26.8 Å². The van der Waals surface area contributed by atoms with Crippen molar-refractivity contribution >= 4 is 11.8 Å². The molecule has 0 spiro atoms. The number of ketones is 1. The first-order chi connectivity index (χ1) is 10.2. The van der Waals surface area contributed by atoms with Gasteiger partial charge in [-0.3, -0.25) is 9.59 Å². The molecule has 1 aromatic carbocycles. The zero-order valence-electron chi connectivity index (χ0n) is 13.0. The third-order valence-corrected chi connectivity index (χ3v) is 5.16. The molecule has 0 heterocycles. The molecule has 0 aliphatic heterocycles. The molecule has 3 atom stereocenters. The van der Waals surface area contributed by atoms with Gasteiger partial charge in [-0.2, -0.15) is 0 Å². The fourth-order valence-electron chi connectivity index (χ4n) is 4.04. The highest BCUT2D eigenvalue weighted by molar-refractivity contribution is 6.05. The van der Waals surface area contributed by atoms with Crippen LogP contribution < -0.4 is 0 Å². The molecule has 0 bridgehead atoms. The van der Waals surface area contributed by atoms with E-state index in [1.165, 1.54) is 6.07 Å². The number of benzene rings is 1. The van der Waals surface area contributed by atoms with Gasteiger partial charge in [-0.15, -0.1) is 0 Å². The molecule has 5 heteroatoms. The van der Waals surface area contributed by atoms with E-state index < -0.39 is 28.4 Å². The Morgan fingerprint density at radius 1 is 1.36 bits per heavy atom. The Balaban J connectivity index is 2.70. The topological polar surface area (TPSA) is 54.4 Å². The van der Waals surface area contributed by atoms with Crippen molar-refractivity contribution in [3.05, 3.63) is 35.4 Å². The number of aliphatic carboxylic acids is 1. The van der Waals surface area contributed by atoms with Crippen LogP contribution in [0.25, 0.3) is 0 Å². The smallest absolute Gasteiger partial charge is 0.318 e. The largest absolute Gasteiger partial charge is 0.480 e. The molecule has 1 fully saturated rings. The number of rotatable bonds is 3. The summed E-state index contributed by atoms with van der Waals surface area (Å²) in [6.45, 7) is 5.20. The van der Waals surface area contributed by atoms with E-state index in [1.54, 1.807) is 13.8 Å². The number of carbonyl (C=O) groups is 2. The summed E-state index contributed by atoms with van der Waals surface area (Å²) in [6.07, 6.45) is 0.743. The Bertz CT molecular complexity index is 628. The summed E-state index contributed by atoms with van der Waals surface area (Å²) < 4.78 is 26.9. The van der Waals surface area contributed by atoms with Crippen LogP contribution in [0.5, 0.6) is 0 Å². The molecule has 1 aromatic rings. The lowest BCUT2D eigenvalue weighted by Crippen LogP contribution is -2.58. The van der Waals surface area contributed by atoms with Crippen molar-refractivity contribution in [3.8, 4) is 0 Å². The molecule has 3 nitrogen and oxygen atoms in total. The van der Waals surface area contributed by atoms with Gasteiger partial charge >= 0.3 is 5.97 Å². The first kappa shape index (κ1) is 16.6. The van der Waals surface area contributed by atoms with E-state index >= 15 is 0 Å². The van der Waals surface area contributed by atoms with Gasteiger partial charge < -0.3 is 5.11 Å². The van der Waals surface area contributed by atoms with Crippen molar-refractivity contribution in [1.29, 1.82) is 0 Å². The third-order valence-electron chi connectivity index (χ3n) is 5.16. The maximum atomic E-state index is 13.6. The van der Waals surface area contributed by atoms with Gasteiger partial charge in [0.05, 0.1) is 0 Å². The second kappa shape index (κ2) is 5.45. The van der Waals surface area contributed by atoms with Crippen molar-refractivity contribution in [3.63, 3.8) is 0 Å².